The van der Waals surface area contributed by atoms with Crippen LogP contribution in [-0.4, -0.2) is 13.1 Å². The van der Waals surface area contributed by atoms with E-state index in [4.69, 9.17) is 4.42 Å². The number of hydrogen-bond donors (Lipinski definition) is 1. The molecule has 0 fully saturated rings. The first kappa shape index (κ1) is 15.6. The Balaban J connectivity index is 1.93. The summed E-state index contributed by atoms with van der Waals surface area (Å²) in [6.07, 6.45) is 2.92. The van der Waals surface area contributed by atoms with Crippen molar-refractivity contribution < 1.29 is 4.42 Å². The zero-order chi connectivity index (χ0) is 15.2. The van der Waals surface area contributed by atoms with Gasteiger partial charge in [0.15, 0.2) is 0 Å². The van der Waals surface area contributed by atoms with Gasteiger partial charge in [-0.2, -0.15) is 0 Å². The maximum Gasteiger partial charge on any atom is 0.123 e. The van der Waals surface area contributed by atoms with Crippen molar-refractivity contribution in [3.05, 3.63) is 53.5 Å². The van der Waals surface area contributed by atoms with Crippen LogP contribution in [0.5, 0.6) is 0 Å². The van der Waals surface area contributed by atoms with Crippen molar-refractivity contribution in [1.29, 1.82) is 0 Å². The average Bonchev–Trinajstić information content (AvgIpc) is 2.92. The van der Waals surface area contributed by atoms with E-state index in [0.717, 1.165) is 25.3 Å². The molecule has 21 heavy (non-hydrogen) atoms. The molecule has 1 aromatic carbocycles. The minimum absolute atomic E-state index is 0.489. The zero-order valence-electron chi connectivity index (χ0n) is 13.5. The summed E-state index contributed by atoms with van der Waals surface area (Å²) in [7, 11) is 2.09. The quantitative estimate of drug-likeness (QED) is 0.834. The normalized spacial score (nSPS) is 11.1. The molecule has 0 saturated carbocycles. The number of anilines is 1. The second kappa shape index (κ2) is 7.32. The summed E-state index contributed by atoms with van der Waals surface area (Å²) in [5.74, 6) is 0.998. The third kappa shape index (κ3) is 4.64. The summed E-state index contributed by atoms with van der Waals surface area (Å²) in [5.41, 5.74) is 3.78. The van der Waals surface area contributed by atoms with Gasteiger partial charge in [-0.15, -0.1) is 0 Å². The number of nitrogens with zero attached hydrogens (tertiary/aromatic N) is 1. The van der Waals surface area contributed by atoms with Gasteiger partial charge in [0.05, 0.1) is 12.8 Å². The molecule has 1 N–H and O–H groups in total. The second-order valence-electron chi connectivity index (χ2n) is 5.83. The molecule has 0 unspecified atom stereocenters. The molecule has 2 aromatic rings. The fourth-order valence-electron chi connectivity index (χ4n) is 2.23. The predicted molar refractivity (Wildman–Crippen MR) is 88.6 cm³/mol. The Morgan fingerprint density at radius 1 is 1.14 bits per heavy atom. The Morgan fingerprint density at radius 2 is 1.86 bits per heavy atom. The lowest BCUT2D eigenvalue weighted by atomic mass is 10.1. The summed E-state index contributed by atoms with van der Waals surface area (Å²) in [4.78, 5) is 2.21. The molecule has 3 heteroatoms. The number of nitrogens with one attached hydrogen (secondary N) is 1. The average molecular weight is 286 g/mol. The van der Waals surface area contributed by atoms with Gasteiger partial charge < -0.3 is 14.6 Å². The van der Waals surface area contributed by atoms with Crippen LogP contribution in [0.2, 0.25) is 0 Å². The van der Waals surface area contributed by atoms with Crippen LogP contribution in [0, 0.1) is 0 Å². The minimum Gasteiger partial charge on any atom is -0.467 e. The SMILES string of the molecule is CCc1ccc(N(C)Cc2cc(CNC(C)C)co2)cc1. The van der Waals surface area contributed by atoms with Crippen LogP contribution in [0.4, 0.5) is 5.69 Å². The first-order valence-electron chi connectivity index (χ1n) is 7.68. The van der Waals surface area contributed by atoms with Crippen molar-refractivity contribution in [2.45, 2.75) is 46.3 Å². The standard InChI is InChI=1S/C18H26N2O/c1-5-15-6-8-17(9-7-15)20(4)12-18-10-16(13-21-18)11-19-14(2)3/h6-10,13-14,19H,5,11-12H2,1-4H3. The first-order valence-corrected chi connectivity index (χ1v) is 7.68. The summed E-state index contributed by atoms with van der Waals surface area (Å²) in [5, 5.41) is 3.40. The Labute approximate surface area is 128 Å². The molecule has 0 bridgehead atoms. The Bertz CT molecular complexity index is 543. The van der Waals surface area contributed by atoms with Gasteiger partial charge in [0.2, 0.25) is 0 Å². The van der Waals surface area contributed by atoms with Crippen molar-refractivity contribution in [3.63, 3.8) is 0 Å². The third-order valence-corrected chi connectivity index (χ3v) is 3.60. The lowest BCUT2D eigenvalue weighted by Gasteiger charge is -2.18. The fourth-order valence-corrected chi connectivity index (χ4v) is 2.23. The summed E-state index contributed by atoms with van der Waals surface area (Å²) < 4.78 is 5.65. The number of furan rings is 1. The van der Waals surface area contributed by atoms with Crippen LogP contribution in [0.25, 0.3) is 0 Å². The highest BCUT2D eigenvalue weighted by molar-refractivity contribution is 5.47. The maximum atomic E-state index is 5.65. The van der Waals surface area contributed by atoms with Crippen molar-refractivity contribution in [3.8, 4) is 0 Å². The second-order valence-corrected chi connectivity index (χ2v) is 5.83. The summed E-state index contributed by atoms with van der Waals surface area (Å²) in [6.45, 7) is 8.11. The smallest absolute Gasteiger partial charge is 0.123 e. The summed E-state index contributed by atoms with van der Waals surface area (Å²) in [6, 6.07) is 11.3. The molecule has 0 aliphatic rings. The Morgan fingerprint density at radius 3 is 2.48 bits per heavy atom. The van der Waals surface area contributed by atoms with Gasteiger partial charge in [-0.1, -0.05) is 32.9 Å². The highest BCUT2D eigenvalue weighted by atomic mass is 16.3. The van der Waals surface area contributed by atoms with Gasteiger partial charge >= 0.3 is 0 Å². The topological polar surface area (TPSA) is 28.4 Å². The van der Waals surface area contributed by atoms with Crippen LogP contribution in [-0.2, 0) is 19.5 Å². The van der Waals surface area contributed by atoms with E-state index in [9.17, 15) is 0 Å². The number of aryl methyl sites for hydroxylation is 1. The van der Waals surface area contributed by atoms with Crippen LogP contribution >= 0.6 is 0 Å². The third-order valence-electron chi connectivity index (χ3n) is 3.60. The molecule has 0 radical (unpaired) electrons. The van der Waals surface area contributed by atoms with Crippen molar-refractivity contribution in [2.24, 2.45) is 0 Å². The van der Waals surface area contributed by atoms with E-state index in [1.807, 2.05) is 6.26 Å². The van der Waals surface area contributed by atoms with E-state index in [1.165, 1.54) is 16.8 Å². The van der Waals surface area contributed by atoms with E-state index < -0.39 is 0 Å². The van der Waals surface area contributed by atoms with Crippen LogP contribution in [0.15, 0.2) is 41.0 Å². The van der Waals surface area contributed by atoms with Crippen molar-refractivity contribution >= 4 is 5.69 Å². The van der Waals surface area contributed by atoms with E-state index in [2.05, 4.69) is 68.4 Å². The first-order chi connectivity index (χ1) is 10.1. The molecule has 0 atom stereocenters. The van der Waals surface area contributed by atoms with E-state index in [-0.39, 0.29) is 0 Å². The number of rotatable bonds is 7. The highest BCUT2D eigenvalue weighted by Crippen LogP contribution is 2.18. The molecule has 0 aliphatic carbocycles. The Kier molecular flexibility index (Phi) is 5.45. The zero-order valence-corrected chi connectivity index (χ0v) is 13.5. The van der Waals surface area contributed by atoms with Gasteiger partial charge in [-0.3, -0.25) is 0 Å². The van der Waals surface area contributed by atoms with E-state index in [0.29, 0.717) is 6.04 Å². The molecule has 114 valence electrons. The molecule has 0 amide bonds. The Hall–Kier alpha value is -1.74. The molecule has 1 heterocycles. The molecular weight excluding hydrogens is 260 g/mol. The van der Waals surface area contributed by atoms with Crippen LogP contribution < -0.4 is 10.2 Å². The van der Waals surface area contributed by atoms with Gasteiger partial charge in [-0.25, -0.2) is 0 Å². The molecule has 0 spiro atoms. The maximum absolute atomic E-state index is 5.65. The van der Waals surface area contributed by atoms with E-state index >= 15 is 0 Å². The van der Waals surface area contributed by atoms with Crippen molar-refractivity contribution in [2.75, 3.05) is 11.9 Å². The monoisotopic (exact) mass is 286 g/mol. The van der Waals surface area contributed by atoms with Crippen molar-refractivity contribution in [1.82, 2.24) is 5.32 Å². The van der Waals surface area contributed by atoms with Gasteiger partial charge in [0.1, 0.15) is 5.76 Å². The van der Waals surface area contributed by atoms with Crippen LogP contribution in [0.1, 0.15) is 37.7 Å². The lowest BCUT2D eigenvalue weighted by Crippen LogP contribution is -2.21. The van der Waals surface area contributed by atoms with Gasteiger partial charge in [0.25, 0.3) is 0 Å². The predicted octanol–water partition coefficient (Wildman–Crippen LogP) is 3.98. The fraction of sp³-hybridized carbons (Fsp3) is 0.444. The molecule has 2 rings (SSSR count). The van der Waals surface area contributed by atoms with E-state index in [1.54, 1.807) is 0 Å². The molecule has 1 aromatic heterocycles. The molecule has 0 saturated heterocycles. The molecule has 3 nitrogen and oxygen atoms in total. The molecule has 0 aliphatic heterocycles. The van der Waals surface area contributed by atoms with Crippen LogP contribution in [0.3, 0.4) is 0 Å². The number of hydrogen-bond acceptors (Lipinski definition) is 3. The van der Waals surface area contributed by atoms with Gasteiger partial charge in [-0.05, 0) is 30.2 Å². The lowest BCUT2D eigenvalue weighted by molar-refractivity contribution is 0.503. The highest BCUT2D eigenvalue weighted by Gasteiger charge is 2.07. The minimum atomic E-state index is 0.489. The van der Waals surface area contributed by atoms with Gasteiger partial charge in [0, 0.05) is 30.9 Å². The largest absolute Gasteiger partial charge is 0.467 e. The summed E-state index contributed by atoms with van der Waals surface area (Å²) >= 11 is 0. The molecular formula is C18H26N2O. The number of benzene rings is 1.